The molecule has 28 heavy (non-hydrogen) atoms. The summed E-state index contributed by atoms with van der Waals surface area (Å²) in [4.78, 5) is 31.0. The largest absolute Gasteiger partial charge is 0.369 e. The Morgan fingerprint density at radius 3 is 2.25 bits per heavy atom. The van der Waals surface area contributed by atoms with Crippen LogP contribution in [-0.2, 0) is 4.79 Å². The Balaban J connectivity index is 1.25. The molecule has 1 saturated carbocycles. The second-order valence-corrected chi connectivity index (χ2v) is 8.80. The quantitative estimate of drug-likeness (QED) is 0.750. The Bertz CT molecular complexity index is 694. The summed E-state index contributed by atoms with van der Waals surface area (Å²) in [6.07, 6.45) is 6.63. The number of fused-ring (bicyclic) bond motifs is 1. The van der Waals surface area contributed by atoms with Gasteiger partial charge in [-0.3, -0.25) is 14.5 Å². The van der Waals surface area contributed by atoms with Crippen molar-refractivity contribution in [2.24, 2.45) is 11.8 Å². The third-order valence-electron chi connectivity index (χ3n) is 7.01. The average Bonchev–Trinajstić information content (AvgIpc) is 2.74. The van der Waals surface area contributed by atoms with Crippen molar-refractivity contribution < 1.29 is 9.59 Å². The van der Waals surface area contributed by atoms with E-state index >= 15 is 0 Å². The number of anilines is 1. The van der Waals surface area contributed by atoms with Crippen LogP contribution in [0.1, 0.15) is 49.4 Å². The third-order valence-corrected chi connectivity index (χ3v) is 7.01. The fourth-order valence-electron chi connectivity index (χ4n) is 5.19. The Morgan fingerprint density at radius 2 is 1.57 bits per heavy atom. The normalized spacial score (nSPS) is 26.0. The second-order valence-electron chi connectivity index (χ2n) is 8.80. The predicted octanol–water partition coefficient (Wildman–Crippen LogP) is 3.05. The summed E-state index contributed by atoms with van der Waals surface area (Å²) in [5, 5.41) is 0. The molecule has 3 fully saturated rings. The van der Waals surface area contributed by atoms with Gasteiger partial charge in [0.15, 0.2) is 5.78 Å². The van der Waals surface area contributed by atoms with Crippen molar-refractivity contribution in [3.63, 3.8) is 0 Å². The summed E-state index contributed by atoms with van der Waals surface area (Å²) in [7, 11) is 0. The maximum Gasteiger partial charge on any atom is 0.236 e. The number of hydrogen-bond acceptors (Lipinski definition) is 4. The summed E-state index contributed by atoms with van der Waals surface area (Å²) < 4.78 is 0. The molecule has 4 rings (SSSR count). The van der Waals surface area contributed by atoms with Crippen molar-refractivity contribution in [3.8, 4) is 0 Å². The van der Waals surface area contributed by atoms with E-state index in [0.29, 0.717) is 12.5 Å². The first kappa shape index (κ1) is 19.4. The van der Waals surface area contributed by atoms with Crippen LogP contribution in [0.2, 0.25) is 0 Å². The zero-order chi connectivity index (χ0) is 19.5. The van der Waals surface area contributed by atoms with Gasteiger partial charge in [-0.25, -0.2) is 0 Å². The molecule has 2 heterocycles. The van der Waals surface area contributed by atoms with Crippen molar-refractivity contribution in [1.82, 2.24) is 9.80 Å². The number of Topliss-reactive ketones (excluding diaryl/α,β-unsaturated/α-hetero) is 1. The number of nitrogens with zero attached hydrogens (tertiary/aromatic N) is 3. The number of hydrogen-bond donors (Lipinski definition) is 0. The topological polar surface area (TPSA) is 43.9 Å². The zero-order valence-corrected chi connectivity index (χ0v) is 17.1. The Kier molecular flexibility index (Phi) is 6.00. The van der Waals surface area contributed by atoms with Crippen LogP contribution in [0.15, 0.2) is 24.3 Å². The van der Waals surface area contributed by atoms with Crippen molar-refractivity contribution in [1.29, 1.82) is 0 Å². The Hall–Kier alpha value is -1.88. The van der Waals surface area contributed by atoms with E-state index in [9.17, 15) is 9.59 Å². The molecule has 1 aromatic carbocycles. The van der Waals surface area contributed by atoms with Gasteiger partial charge in [0.1, 0.15) is 0 Å². The van der Waals surface area contributed by atoms with Crippen LogP contribution in [0.4, 0.5) is 5.69 Å². The molecule has 0 aromatic heterocycles. The number of likely N-dealkylation sites (tertiary alicyclic amines) is 1. The number of rotatable bonds is 4. The van der Waals surface area contributed by atoms with Gasteiger partial charge in [-0.2, -0.15) is 0 Å². The average molecular weight is 384 g/mol. The van der Waals surface area contributed by atoms with Crippen LogP contribution < -0.4 is 4.90 Å². The van der Waals surface area contributed by atoms with Crippen LogP contribution in [0.5, 0.6) is 0 Å². The molecule has 1 amide bonds. The lowest BCUT2D eigenvalue weighted by Gasteiger charge is -2.42. The van der Waals surface area contributed by atoms with E-state index in [0.717, 1.165) is 62.4 Å². The molecular weight excluding hydrogens is 350 g/mol. The highest BCUT2D eigenvalue weighted by atomic mass is 16.2. The molecule has 0 N–H and O–H groups in total. The predicted molar refractivity (Wildman–Crippen MR) is 112 cm³/mol. The highest BCUT2D eigenvalue weighted by Crippen LogP contribution is 2.36. The first-order chi connectivity index (χ1) is 13.6. The minimum atomic E-state index is 0.104. The molecule has 2 aliphatic heterocycles. The van der Waals surface area contributed by atoms with Gasteiger partial charge in [-0.15, -0.1) is 0 Å². The standard InChI is InChI=1S/C23H33N3O2/c1-18(27)19-6-8-22(9-7-19)25-14-12-24(13-15-25)17-23(28)26-11-10-20-4-2-3-5-21(20)16-26/h6-9,20-21H,2-5,10-17H2,1H3/t20-,21-/m1/s1. The molecule has 2 atom stereocenters. The van der Waals surface area contributed by atoms with Crippen molar-refractivity contribution in [2.45, 2.75) is 39.0 Å². The first-order valence-electron chi connectivity index (χ1n) is 11.0. The summed E-state index contributed by atoms with van der Waals surface area (Å²) in [6.45, 7) is 7.81. The highest BCUT2D eigenvalue weighted by Gasteiger charge is 2.33. The van der Waals surface area contributed by atoms with E-state index in [1.54, 1.807) is 6.92 Å². The molecule has 0 unspecified atom stereocenters. The van der Waals surface area contributed by atoms with E-state index in [1.807, 2.05) is 24.3 Å². The van der Waals surface area contributed by atoms with Gasteiger partial charge in [-0.05, 0) is 55.9 Å². The number of piperidine rings is 1. The highest BCUT2D eigenvalue weighted by molar-refractivity contribution is 5.94. The lowest BCUT2D eigenvalue weighted by atomic mass is 9.75. The van der Waals surface area contributed by atoms with E-state index in [1.165, 1.54) is 32.1 Å². The monoisotopic (exact) mass is 383 g/mol. The number of carbonyl (C=O) groups is 2. The zero-order valence-electron chi connectivity index (χ0n) is 17.1. The molecule has 0 radical (unpaired) electrons. The number of carbonyl (C=O) groups excluding carboxylic acids is 2. The Labute approximate surface area is 168 Å². The van der Waals surface area contributed by atoms with Gasteiger partial charge < -0.3 is 9.80 Å². The minimum absolute atomic E-state index is 0.104. The lowest BCUT2D eigenvalue weighted by molar-refractivity contribution is -0.135. The van der Waals surface area contributed by atoms with Crippen molar-refractivity contribution in [2.75, 3.05) is 50.7 Å². The van der Waals surface area contributed by atoms with E-state index < -0.39 is 0 Å². The first-order valence-corrected chi connectivity index (χ1v) is 11.0. The molecule has 0 spiro atoms. The van der Waals surface area contributed by atoms with E-state index in [4.69, 9.17) is 0 Å². The summed E-state index contributed by atoms with van der Waals surface area (Å²) in [5.74, 6) is 2.05. The SMILES string of the molecule is CC(=O)c1ccc(N2CCN(CC(=O)N3CC[C@H]4CCCC[C@@H]4C3)CC2)cc1. The van der Waals surface area contributed by atoms with Gasteiger partial charge in [0.2, 0.25) is 5.91 Å². The second kappa shape index (κ2) is 8.64. The molecule has 1 aliphatic carbocycles. The van der Waals surface area contributed by atoms with Gasteiger partial charge in [-0.1, -0.05) is 19.3 Å². The molecule has 2 saturated heterocycles. The minimum Gasteiger partial charge on any atom is -0.369 e. The van der Waals surface area contributed by atoms with Crippen molar-refractivity contribution >= 4 is 17.4 Å². The number of amides is 1. The fourth-order valence-corrected chi connectivity index (χ4v) is 5.19. The van der Waals surface area contributed by atoms with Crippen LogP contribution >= 0.6 is 0 Å². The van der Waals surface area contributed by atoms with Crippen LogP contribution in [0.25, 0.3) is 0 Å². The maximum absolute atomic E-state index is 12.8. The number of piperazine rings is 1. The van der Waals surface area contributed by atoms with E-state index in [2.05, 4.69) is 14.7 Å². The molecule has 1 aromatic rings. The van der Waals surface area contributed by atoms with Crippen LogP contribution in [-0.4, -0.2) is 67.3 Å². The fraction of sp³-hybridized carbons (Fsp3) is 0.652. The molecule has 0 bridgehead atoms. The third kappa shape index (κ3) is 4.40. The smallest absolute Gasteiger partial charge is 0.236 e. The van der Waals surface area contributed by atoms with Gasteiger partial charge in [0.05, 0.1) is 6.54 Å². The molecule has 152 valence electrons. The van der Waals surface area contributed by atoms with Gasteiger partial charge in [0.25, 0.3) is 0 Å². The van der Waals surface area contributed by atoms with Crippen LogP contribution in [0.3, 0.4) is 0 Å². The lowest BCUT2D eigenvalue weighted by Crippen LogP contribution is -2.52. The molecular formula is C23H33N3O2. The summed E-state index contributed by atoms with van der Waals surface area (Å²) in [6, 6.07) is 7.88. The molecule has 5 heteroatoms. The summed E-state index contributed by atoms with van der Waals surface area (Å²) >= 11 is 0. The number of benzene rings is 1. The number of ketones is 1. The summed E-state index contributed by atoms with van der Waals surface area (Å²) in [5.41, 5.74) is 1.92. The van der Waals surface area contributed by atoms with Crippen molar-refractivity contribution in [3.05, 3.63) is 29.8 Å². The van der Waals surface area contributed by atoms with E-state index in [-0.39, 0.29) is 5.78 Å². The molecule has 3 aliphatic rings. The molecule has 5 nitrogen and oxygen atoms in total. The van der Waals surface area contributed by atoms with Gasteiger partial charge in [0, 0.05) is 50.5 Å². The maximum atomic E-state index is 12.8. The van der Waals surface area contributed by atoms with Gasteiger partial charge >= 0.3 is 0 Å². The Morgan fingerprint density at radius 1 is 0.893 bits per heavy atom. The van der Waals surface area contributed by atoms with Crippen LogP contribution in [0, 0.1) is 11.8 Å².